The number of nitrogens with two attached hydrogens (primary N) is 1. The fourth-order valence-corrected chi connectivity index (χ4v) is 2.26. The summed E-state index contributed by atoms with van der Waals surface area (Å²) in [6, 6.07) is 8.44. The number of guanidine groups is 1. The normalized spacial score (nSPS) is 15.4. The van der Waals surface area contributed by atoms with E-state index in [0.29, 0.717) is 5.96 Å². The van der Waals surface area contributed by atoms with Gasteiger partial charge < -0.3 is 15.8 Å². The van der Waals surface area contributed by atoms with E-state index in [4.69, 9.17) is 10.5 Å². The number of nitrogens with zero attached hydrogens (tertiary/aromatic N) is 2. The standard InChI is InChI=1S/C15H24N4O/c1-3-19(12-8-9-12)11-10-17-15(16)18-13-6-4-5-7-14(13)20-2/h4-7,12H,3,8-11H2,1-2H3,(H3,16,17,18). The molecule has 3 N–H and O–H groups in total. The van der Waals surface area contributed by atoms with Crippen LogP contribution in [0.5, 0.6) is 5.75 Å². The van der Waals surface area contributed by atoms with Gasteiger partial charge in [-0.3, -0.25) is 9.89 Å². The Bertz CT molecular complexity index is 457. The molecule has 0 saturated heterocycles. The Morgan fingerprint density at radius 3 is 2.85 bits per heavy atom. The lowest BCUT2D eigenvalue weighted by Gasteiger charge is -2.18. The summed E-state index contributed by atoms with van der Waals surface area (Å²) in [5, 5.41) is 3.08. The highest BCUT2D eigenvalue weighted by atomic mass is 16.5. The van der Waals surface area contributed by atoms with Gasteiger partial charge in [-0.15, -0.1) is 0 Å². The number of nitrogens with one attached hydrogen (secondary N) is 1. The summed E-state index contributed by atoms with van der Waals surface area (Å²) in [5.41, 5.74) is 6.75. The minimum Gasteiger partial charge on any atom is -0.495 e. The Balaban J connectivity index is 1.84. The number of rotatable bonds is 7. The van der Waals surface area contributed by atoms with Gasteiger partial charge in [0, 0.05) is 12.6 Å². The number of para-hydroxylation sites is 2. The molecule has 1 aromatic carbocycles. The first-order valence-electron chi connectivity index (χ1n) is 7.18. The second-order valence-corrected chi connectivity index (χ2v) is 4.95. The van der Waals surface area contributed by atoms with Crippen molar-refractivity contribution in [1.82, 2.24) is 4.90 Å². The molecule has 0 radical (unpaired) electrons. The largest absolute Gasteiger partial charge is 0.495 e. The third-order valence-corrected chi connectivity index (χ3v) is 3.51. The lowest BCUT2D eigenvalue weighted by Crippen LogP contribution is -2.30. The van der Waals surface area contributed by atoms with Crippen molar-refractivity contribution in [2.24, 2.45) is 10.7 Å². The Kier molecular flexibility index (Phi) is 5.24. The number of aliphatic imine (C=N–C) groups is 1. The van der Waals surface area contributed by atoms with Crippen molar-refractivity contribution in [3.05, 3.63) is 24.3 Å². The zero-order chi connectivity index (χ0) is 14.4. The fourth-order valence-electron chi connectivity index (χ4n) is 2.26. The number of methoxy groups -OCH3 is 1. The highest BCUT2D eigenvalue weighted by Crippen LogP contribution is 2.26. The molecule has 0 heterocycles. The molecule has 1 fully saturated rings. The molecule has 1 saturated carbocycles. The van der Waals surface area contributed by atoms with Gasteiger partial charge in [-0.05, 0) is 31.5 Å². The zero-order valence-electron chi connectivity index (χ0n) is 12.3. The predicted octanol–water partition coefficient (Wildman–Crippen LogP) is 1.91. The molecule has 20 heavy (non-hydrogen) atoms. The van der Waals surface area contributed by atoms with Crippen molar-refractivity contribution >= 4 is 11.6 Å². The SMILES string of the molecule is CCN(CCN=C(N)Nc1ccccc1OC)C1CC1. The molecular weight excluding hydrogens is 252 g/mol. The highest BCUT2D eigenvalue weighted by molar-refractivity contribution is 5.93. The van der Waals surface area contributed by atoms with E-state index in [9.17, 15) is 0 Å². The van der Waals surface area contributed by atoms with Crippen molar-refractivity contribution in [2.45, 2.75) is 25.8 Å². The average Bonchev–Trinajstić information content (AvgIpc) is 3.29. The van der Waals surface area contributed by atoms with Crippen molar-refractivity contribution in [1.29, 1.82) is 0 Å². The molecule has 0 atom stereocenters. The number of benzene rings is 1. The molecule has 0 unspecified atom stereocenters. The molecule has 0 aliphatic heterocycles. The van der Waals surface area contributed by atoms with Crippen LogP contribution in [0.1, 0.15) is 19.8 Å². The number of likely N-dealkylation sites (N-methyl/N-ethyl adjacent to an activating group) is 1. The van der Waals surface area contributed by atoms with Gasteiger partial charge in [-0.2, -0.15) is 0 Å². The second-order valence-electron chi connectivity index (χ2n) is 4.95. The van der Waals surface area contributed by atoms with Crippen LogP contribution in [-0.4, -0.2) is 43.6 Å². The van der Waals surface area contributed by atoms with Crippen LogP contribution in [0.25, 0.3) is 0 Å². The van der Waals surface area contributed by atoms with Gasteiger partial charge in [0.25, 0.3) is 0 Å². The summed E-state index contributed by atoms with van der Waals surface area (Å²) in [5.74, 6) is 1.19. The summed E-state index contributed by atoms with van der Waals surface area (Å²) in [6.45, 7) is 4.96. The third-order valence-electron chi connectivity index (χ3n) is 3.51. The fraction of sp³-hybridized carbons (Fsp3) is 0.533. The molecule has 0 aromatic heterocycles. The summed E-state index contributed by atoms with van der Waals surface area (Å²) < 4.78 is 5.26. The molecule has 2 rings (SSSR count). The maximum atomic E-state index is 5.91. The molecule has 1 aliphatic carbocycles. The molecule has 0 bridgehead atoms. The maximum Gasteiger partial charge on any atom is 0.193 e. The van der Waals surface area contributed by atoms with Crippen molar-refractivity contribution in [3.63, 3.8) is 0 Å². The van der Waals surface area contributed by atoms with Crippen molar-refractivity contribution in [2.75, 3.05) is 32.1 Å². The van der Waals surface area contributed by atoms with E-state index >= 15 is 0 Å². The molecule has 110 valence electrons. The summed E-state index contributed by atoms with van der Waals surface area (Å²) in [6.07, 6.45) is 2.65. The van der Waals surface area contributed by atoms with E-state index in [0.717, 1.165) is 37.1 Å². The maximum absolute atomic E-state index is 5.91. The predicted molar refractivity (Wildman–Crippen MR) is 83.4 cm³/mol. The quantitative estimate of drug-likeness (QED) is 0.590. The molecule has 0 amide bonds. The smallest absolute Gasteiger partial charge is 0.193 e. The van der Waals surface area contributed by atoms with E-state index in [1.807, 2.05) is 24.3 Å². The Labute approximate surface area is 120 Å². The first-order chi connectivity index (χ1) is 9.74. The third kappa shape index (κ3) is 4.13. The zero-order valence-corrected chi connectivity index (χ0v) is 12.3. The second kappa shape index (κ2) is 7.14. The van der Waals surface area contributed by atoms with Crippen LogP contribution in [0.2, 0.25) is 0 Å². The molecule has 1 aliphatic rings. The van der Waals surface area contributed by atoms with Crippen LogP contribution in [0.15, 0.2) is 29.3 Å². The van der Waals surface area contributed by atoms with Gasteiger partial charge in [-0.25, -0.2) is 0 Å². The number of hydrogen-bond acceptors (Lipinski definition) is 3. The minimum atomic E-state index is 0.432. The van der Waals surface area contributed by atoms with Gasteiger partial charge in [0.05, 0.1) is 19.3 Å². The van der Waals surface area contributed by atoms with Gasteiger partial charge in [0.2, 0.25) is 0 Å². The molecule has 1 aromatic rings. The summed E-state index contributed by atoms with van der Waals surface area (Å²) in [7, 11) is 1.64. The monoisotopic (exact) mass is 276 g/mol. The van der Waals surface area contributed by atoms with E-state index in [1.54, 1.807) is 7.11 Å². The minimum absolute atomic E-state index is 0.432. The summed E-state index contributed by atoms with van der Waals surface area (Å²) in [4.78, 5) is 6.84. The molecule has 0 spiro atoms. The van der Waals surface area contributed by atoms with Crippen LogP contribution >= 0.6 is 0 Å². The van der Waals surface area contributed by atoms with Gasteiger partial charge >= 0.3 is 0 Å². The van der Waals surface area contributed by atoms with E-state index in [2.05, 4.69) is 22.1 Å². The lowest BCUT2D eigenvalue weighted by atomic mass is 10.3. The van der Waals surface area contributed by atoms with Gasteiger partial charge in [-0.1, -0.05) is 19.1 Å². The number of anilines is 1. The van der Waals surface area contributed by atoms with Crippen LogP contribution < -0.4 is 15.8 Å². The van der Waals surface area contributed by atoms with Crippen molar-refractivity contribution < 1.29 is 4.74 Å². The lowest BCUT2D eigenvalue weighted by molar-refractivity contribution is 0.286. The van der Waals surface area contributed by atoms with E-state index in [1.165, 1.54) is 12.8 Å². The van der Waals surface area contributed by atoms with Crippen LogP contribution in [0, 0.1) is 0 Å². The summed E-state index contributed by atoms with van der Waals surface area (Å²) >= 11 is 0. The average molecular weight is 276 g/mol. The van der Waals surface area contributed by atoms with Crippen LogP contribution in [0.4, 0.5) is 5.69 Å². The Morgan fingerprint density at radius 2 is 2.20 bits per heavy atom. The first-order valence-corrected chi connectivity index (χ1v) is 7.18. The van der Waals surface area contributed by atoms with Gasteiger partial charge in [0.15, 0.2) is 5.96 Å². The topological polar surface area (TPSA) is 62.9 Å². The highest BCUT2D eigenvalue weighted by Gasteiger charge is 2.26. The van der Waals surface area contributed by atoms with E-state index < -0.39 is 0 Å². The Morgan fingerprint density at radius 1 is 1.45 bits per heavy atom. The molecule has 5 nitrogen and oxygen atoms in total. The Hall–Kier alpha value is -1.75. The van der Waals surface area contributed by atoms with Crippen LogP contribution in [-0.2, 0) is 0 Å². The van der Waals surface area contributed by atoms with Crippen molar-refractivity contribution in [3.8, 4) is 5.75 Å². The van der Waals surface area contributed by atoms with Gasteiger partial charge in [0.1, 0.15) is 5.75 Å². The van der Waals surface area contributed by atoms with Crippen LogP contribution in [0.3, 0.4) is 0 Å². The first kappa shape index (κ1) is 14.7. The molecule has 5 heteroatoms. The number of ether oxygens (including phenoxy) is 1. The van der Waals surface area contributed by atoms with E-state index in [-0.39, 0.29) is 0 Å². The molecular formula is C15H24N4O. The number of hydrogen-bond donors (Lipinski definition) is 2.